The van der Waals surface area contributed by atoms with Crippen LogP contribution in [-0.2, 0) is 6.54 Å². The Morgan fingerprint density at radius 2 is 2.05 bits per heavy atom. The van der Waals surface area contributed by atoms with E-state index in [4.69, 9.17) is 5.73 Å². The quantitative estimate of drug-likeness (QED) is 0.876. The fraction of sp³-hybridized carbons (Fsp3) is 0.267. The van der Waals surface area contributed by atoms with Crippen LogP contribution in [0.4, 0.5) is 11.4 Å². The molecule has 3 nitrogen and oxygen atoms in total. The van der Waals surface area contributed by atoms with Gasteiger partial charge in [0.25, 0.3) is 0 Å². The summed E-state index contributed by atoms with van der Waals surface area (Å²) >= 11 is 3.59. The second kappa shape index (κ2) is 5.21. The van der Waals surface area contributed by atoms with Gasteiger partial charge in [-0.15, -0.1) is 0 Å². The summed E-state index contributed by atoms with van der Waals surface area (Å²) in [6.45, 7) is 0.847. The summed E-state index contributed by atoms with van der Waals surface area (Å²) in [6, 6.07) is 10.8. The fourth-order valence-corrected chi connectivity index (χ4v) is 2.74. The maximum atomic E-state index is 6.05. The van der Waals surface area contributed by atoms with E-state index in [9.17, 15) is 0 Å². The number of benzene rings is 1. The number of anilines is 2. The van der Waals surface area contributed by atoms with Crippen molar-refractivity contribution in [3.63, 3.8) is 0 Å². The van der Waals surface area contributed by atoms with Gasteiger partial charge in [0.05, 0.1) is 10.2 Å². The number of halogens is 1. The molecule has 1 heterocycles. The van der Waals surface area contributed by atoms with E-state index in [0.717, 1.165) is 16.7 Å². The van der Waals surface area contributed by atoms with Gasteiger partial charge in [0.15, 0.2) is 0 Å². The molecule has 1 saturated carbocycles. The molecule has 3 rings (SSSR count). The first-order valence-corrected chi connectivity index (χ1v) is 7.24. The topological polar surface area (TPSA) is 42.1 Å². The molecule has 0 saturated heterocycles. The zero-order chi connectivity index (χ0) is 13.2. The van der Waals surface area contributed by atoms with E-state index in [1.165, 1.54) is 24.1 Å². The molecular formula is C15H16BrN3. The van der Waals surface area contributed by atoms with E-state index in [0.29, 0.717) is 6.04 Å². The zero-order valence-electron chi connectivity index (χ0n) is 10.6. The lowest BCUT2D eigenvalue weighted by Crippen LogP contribution is -2.25. The van der Waals surface area contributed by atoms with Gasteiger partial charge in [-0.3, -0.25) is 4.98 Å². The molecule has 1 aromatic heterocycles. The van der Waals surface area contributed by atoms with Gasteiger partial charge in [-0.1, -0.05) is 18.2 Å². The van der Waals surface area contributed by atoms with Crippen LogP contribution in [0.15, 0.2) is 47.2 Å². The largest absolute Gasteiger partial charge is 0.398 e. The molecule has 0 spiro atoms. The summed E-state index contributed by atoms with van der Waals surface area (Å²) in [5, 5.41) is 0. The van der Waals surface area contributed by atoms with E-state index in [-0.39, 0.29) is 0 Å². The van der Waals surface area contributed by atoms with Gasteiger partial charge in [-0.25, -0.2) is 0 Å². The molecule has 0 bridgehead atoms. The Morgan fingerprint density at radius 3 is 2.74 bits per heavy atom. The van der Waals surface area contributed by atoms with Crippen molar-refractivity contribution < 1.29 is 0 Å². The molecule has 2 N–H and O–H groups in total. The van der Waals surface area contributed by atoms with Crippen LogP contribution >= 0.6 is 15.9 Å². The highest BCUT2D eigenvalue weighted by Gasteiger charge is 2.30. The predicted octanol–water partition coefficient (Wildman–Crippen LogP) is 3.60. The Bertz CT molecular complexity index is 581. The van der Waals surface area contributed by atoms with Crippen LogP contribution in [0.1, 0.15) is 18.4 Å². The van der Waals surface area contributed by atoms with Crippen LogP contribution in [-0.4, -0.2) is 11.0 Å². The summed E-state index contributed by atoms with van der Waals surface area (Å²) in [5.41, 5.74) is 9.29. The first kappa shape index (κ1) is 12.5. The van der Waals surface area contributed by atoms with Gasteiger partial charge in [0, 0.05) is 30.7 Å². The van der Waals surface area contributed by atoms with Crippen molar-refractivity contribution in [2.24, 2.45) is 0 Å². The molecule has 2 aromatic rings. The highest BCUT2D eigenvalue weighted by atomic mass is 79.9. The molecule has 4 heteroatoms. The number of rotatable bonds is 4. The van der Waals surface area contributed by atoms with Gasteiger partial charge in [0.1, 0.15) is 0 Å². The van der Waals surface area contributed by atoms with Gasteiger partial charge < -0.3 is 10.6 Å². The normalized spacial score (nSPS) is 14.4. The third-order valence-corrected chi connectivity index (χ3v) is 4.05. The SMILES string of the molecule is Nc1ccccc1CN(c1ccncc1Br)C1CC1. The molecule has 1 aliphatic carbocycles. The monoisotopic (exact) mass is 317 g/mol. The highest BCUT2D eigenvalue weighted by Crippen LogP contribution is 2.36. The third kappa shape index (κ3) is 2.73. The first-order chi connectivity index (χ1) is 9.25. The van der Waals surface area contributed by atoms with Crippen LogP contribution in [0.5, 0.6) is 0 Å². The number of aromatic nitrogens is 1. The minimum atomic E-state index is 0.623. The van der Waals surface area contributed by atoms with E-state index < -0.39 is 0 Å². The van der Waals surface area contributed by atoms with Crippen molar-refractivity contribution in [1.29, 1.82) is 0 Å². The van der Waals surface area contributed by atoms with Crippen LogP contribution < -0.4 is 10.6 Å². The minimum Gasteiger partial charge on any atom is -0.398 e. The van der Waals surface area contributed by atoms with Gasteiger partial charge in [-0.2, -0.15) is 0 Å². The number of para-hydroxylation sites is 1. The van der Waals surface area contributed by atoms with E-state index >= 15 is 0 Å². The van der Waals surface area contributed by atoms with Crippen molar-refractivity contribution in [1.82, 2.24) is 4.98 Å². The van der Waals surface area contributed by atoms with Crippen molar-refractivity contribution in [3.8, 4) is 0 Å². The average Bonchev–Trinajstić information content (AvgIpc) is 3.23. The van der Waals surface area contributed by atoms with Gasteiger partial charge in [-0.05, 0) is 46.5 Å². The van der Waals surface area contributed by atoms with E-state index in [2.05, 4.69) is 37.9 Å². The number of nitrogens with two attached hydrogens (primary N) is 1. The van der Waals surface area contributed by atoms with Crippen molar-refractivity contribution in [3.05, 3.63) is 52.8 Å². The standard InChI is InChI=1S/C15H16BrN3/c16-13-9-18-8-7-15(13)19(12-5-6-12)10-11-3-1-2-4-14(11)17/h1-4,7-9,12H,5-6,10,17H2. The lowest BCUT2D eigenvalue weighted by atomic mass is 10.1. The summed E-state index contributed by atoms with van der Waals surface area (Å²) in [6.07, 6.45) is 6.19. The average molecular weight is 318 g/mol. The predicted molar refractivity (Wildman–Crippen MR) is 82.0 cm³/mol. The molecule has 0 unspecified atom stereocenters. The smallest absolute Gasteiger partial charge is 0.0592 e. The second-order valence-electron chi connectivity index (χ2n) is 4.88. The Hall–Kier alpha value is -1.55. The van der Waals surface area contributed by atoms with Crippen molar-refractivity contribution >= 4 is 27.3 Å². The van der Waals surface area contributed by atoms with Crippen LogP contribution in [0.3, 0.4) is 0 Å². The van der Waals surface area contributed by atoms with Crippen LogP contribution in [0, 0.1) is 0 Å². The molecule has 0 atom stereocenters. The molecular weight excluding hydrogens is 302 g/mol. The van der Waals surface area contributed by atoms with Crippen LogP contribution in [0.2, 0.25) is 0 Å². The minimum absolute atomic E-state index is 0.623. The summed E-state index contributed by atoms with van der Waals surface area (Å²) in [4.78, 5) is 6.55. The first-order valence-electron chi connectivity index (χ1n) is 6.45. The van der Waals surface area contributed by atoms with Crippen molar-refractivity contribution in [2.75, 3.05) is 10.6 Å². The maximum Gasteiger partial charge on any atom is 0.0592 e. The number of pyridine rings is 1. The molecule has 1 aromatic carbocycles. The molecule has 0 aliphatic heterocycles. The van der Waals surface area contributed by atoms with Gasteiger partial charge >= 0.3 is 0 Å². The summed E-state index contributed by atoms with van der Waals surface area (Å²) in [5.74, 6) is 0. The van der Waals surface area contributed by atoms with Crippen molar-refractivity contribution in [2.45, 2.75) is 25.4 Å². The number of hydrogen-bond acceptors (Lipinski definition) is 3. The molecule has 19 heavy (non-hydrogen) atoms. The second-order valence-corrected chi connectivity index (χ2v) is 5.74. The molecule has 1 aliphatic rings. The molecule has 98 valence electrons. The third-order valence-electron chi connectivity index (χ3n) is 3.44. The molecule has 1 fully saturated rings. The number of nitrogen functional groups attached to an aromatic ring is 1. The maximum absolute atomic E-state index is 6.05. The highest BCUT2D eigenvalue weighted by molar-refractivity contribution is 9.10. The molecule has 0 amide bonds. The number of hydrogen-bond donors (Lipinski definition) is 1. The Kier molecular flexibility index (Phi) is 3.42. The fourth-order valence-electron chi connectivity index (χ4n) is 2.26. The van der Waals surface area contributed by atoms with E-state index in [1.54, 1.807) is 0 Å². The Labute approximate surface area is 121 Å². The Balaban J connectivity index is 1.91. The lowest BCUT2D eigenvalue weighted by molar-refractivity contribution is 0.792. The zero-order valence-corrected chi connectivity index (χ0v) is 12.2. The number of nitrogens with zero attached hydrogens (tertiary/aromatic N) is 2. The Morgan fingerprint density at radius 1 is 1.26 bits per heavy atom. The molecule has 0 radical (unpaired) electrons. The summed E-state index contributed by atoms with van der Waals surface area (Å²) < 4.78 is 1.04. The lowest BCUT2D eigenvalue weighted by Gasteiger charge is -2.26. The van der Waals surface area contributed by atoms with Crippen LogP contribution in [0.25, 0.3) is 0 Å². The summed E-state index contributed by atoms with van der Waals surface area (Å²) in [7, 11) is 0. The van der Waals surface area contributed by atoms with Gasteiger partial charge in [0.2, 0.25) is 0 Å². The van der Waals surface area contributed by atoms with E-state index in [1.807, 2.05) is 30.6 Å².